The minimum Gasteiger partial charge on any atom is -0.395 e. The Morgan fingerprint density at radius 1 is 1.35 bits per heavy atom. The second-order valence-electron chi connectivity index (χ2n) is 5.11. The number of rotatable bonds is 7. The van der Waals surface area contributed by atoms with E-state index in [0.29, 0.717) is 6.54 Å². The Bertz CT molecular complexity index is 794. The lowest BCUT2D eigenvalue weighted by Gasteiger charge is -2.05. The highest BCUT2D eigenvalue weighted by Crippen LogP contribution is 2.17. The van der Waals surface area contributed by atoms with Gasteiger partial charge in [0.25, 0.3) is 0 Å². The summed E-state index contributed by atoms with van der Waals surface area (Å²) < 4.78 is 1.55. The Balaban J connectivity index is 1.59. The van der Waals surface area contributed by atoms with Gasteiger partial charge in [-0.2, -0.15) is 10.2 Å². The van der Waals surface area contributed by atoms with Crippen LogP contribution in [0.15, 0.2) is 36.8 Å². The number of aliphatic hydroxyl groups is 1. The van der Waals surface area contributed by atoms with Crippen LogP contribution in [-0.4, -0.2) is 44.1 Å². The zero-order valence-corrected chi connectivity index (χ0v) is 12.5. The Kier molecular flexibility index (Phi) is 4.53. The Labute approximate surface area is 132 Å². The molecule has 4 N–H and O–H groups in total. The summed E-state index contributed by atoms with van der Waals surface area (Å²) in [6, 6.07) is 6.02. The second-order valence-corrected chi connectivity index (χ2v) is 5.11. The number of aromatic nitrogens is 4. The molecule has 0 bridgehead atoms. The zero-order valence-electron chi connectivity index (χ0n) is 12.5. The molecule has 2 aromatic heterocycles. The van der Waals surface area contributed by atoms with Crippen molar-refractivity contribution in [3.05, 3.63) is 42.4 Å². The van der Waals surface area contributed by atoms with Crippen molar-refractivity contribution in [2.24, 2.45) is 0 Å². The molecule has 0 unspecified atom stereocenters. The molecular weight excluding hydrogens is 296 g/mol. The van der Waals surface area contributed by atoms with Gasteiger partial charge in [0.1, 0.15) is 6.54 Å². The molecule has 1 aromatic carbocycles. The highest BCUT2D eigenvalue weighted by Gasteiger charge is 2.06. The van der Waals surface area contributed by atoms with Gasteiger partial charge in [0.2, 0.25) is 5.91 Å². The van der Waals surface area contributed by atoms with Crippen LogP contribution in [-0.2, 0) is 17.9 Å². The van der Waals surface area contributed by atoms with Crippen LogP contribution in [0.3, 0.4) is 0 Å². The highest BCUT2D eigenvalue weighted by atomic mass is 16.3. The topological polar surface area (TPSA) is 108 Å². The van der Waals surface area contributed by atoms with Crippen molar-refractivity contribution < 1.29 is 9.90 Å². The van der Waals surface area contributed by atoms with E-state index in [1.807, 2.05) is 18.2 Å². The quantitative estimate of drug-likeness (QED) is 0.507. The number of amides is 1. The van der Waals surface area contributed by atoms with Crippen molar-refractivity contribution in [3.63, 3.8) is 0 Å². The van der Waals surface area contributed by atoms with E-state index in [4.69, 9.17) is 5.11 Å². The number of hydrogen-bond acceptors (Lipinski definition) is 5. The molecule has 23 heavy (non-hydrogen) atoms. The number of para-hydroxylation sites is 1. The van der Waals surface area contributed by atoms with Gasteiger partial charge in [-0.3, -0.25) is 14.6 Å². The zero-order chi connectivity index (χ0) is 16.1. The lowest BCUT2D eigenvalue weighted by atomic mass is 10.1. The number of nitrogens with zero attached hydrogens (tertiary/aromatic N) is 3. The van der Waals surface area contributed by atoms with Gasteiger partial charge < -0.3 is 15.7 Å². The number of nitrogens with one attached hydrogen (secondary N) is 3. The van der Waals surface area contributed by atoms with Gasteiger partial charge in [0.05, 0.1) is 30.2 Å². The molecule has 0 aliphatic carbocycles. The lowest BCUT2D eigenvalue weighted by molar-refractivity contribution is -0.122. The third-order valence-electron chi connectivity index (χ3n) is 3.42. The molecule has 0 fully saturated rings. The number of H-pyrrole nitrogens is 1. The summed E-state index contributed by atoms with van der Waals surface area (Å²) in [5.74, 6) is -0.184. The standard InChI is InChI=1S/C15H18N6O2/c22-5-4-16-14(23)10-21-9-13(8-19-21)17-6-11-2-1-3-12-7-18-20-15(11)12/h1-3,7-9,17,22H,4-6,10H2,(H,16,23)(H,18,20). The molecule has 3 rings (SSSR count). The number of carbonyl (C=O) groups excluding carboxylic acids is 1. The van der Waals surface area contributed by atoms with Crippen LogP contribution in [0.25, 0.3) is 10.9 Å². The van der Waals surface area contributed by atoms with Crippen LogP contribution in [0, 0.1) is 0 Å². The van der Waals surface area contributed by atoms with Crippen molar-refractivity contribution >= 4 is 22.5 Å². The third kappa shape index (κ3) is 3.67. The summed E-state index contributed by atoms with van der Waals surface area (Å²) in [6.07, 6.45) is 5.24. The molecule has 8 nitrogen and oxygen atoms in total. The van der Waals surface area contributed by atoms with Gasteiger partial charge in [-0.15, -0.1) is 0 Å². The maximum Gasteiger partial charge on any atom is 0.241 e. The van der Waals surface area contributed by atoms with Gasteiger partial charge in [0.15, 0.2) is 0 Å². The fourth-order valence-corrected chi connectivity index (χ4v) is 2.31. The second kappa shape index (κ2) is 6.93. The molecule has 120 valence electrons. The summed E-state index contributed by atoms with van der Waals surface area (Å²) in [5.41, 5.74) is 2.95. The smallest absolute Gasteiger partial charge is 0.241 e. The molecule has 3 aromatic rings. The first kappa shape index (κ1) is 15.0. The molecule has 0 spiro atoms. The molecule has 0 aliphatic rings. The van der Waals surface area contributed by atoms with Gasteiger partial charge in [-0.25, -0.2) is 0 Å². The van der Waals surface area contributed by atoms with Gasteiger partial charge in [-0.05, 0) is 5.56 Å². The summed E-state index contributed by atoms with van der Waals surface area (Å²) in [7, 11) is 0. The van der Waals surface area contributed by atoms with E-state index in [1.165, 1.54) is 0 Å². The van der Waals surface area contributed by atoms with Crippen LogP contribution < -0.4 is 10.6 Å². The summed E-state index contributed by atoms with van der Waals surface area (Å²) in [4.78, 5) is 11.6. The Morgan fingerprint density at radius 3 is 3.13 bits per heavy atom. The van der Waals surface area contributed by atoms with E-state index < -0.39 is 0 Å². The average Bonchev–Trinajstić information content (AvgIpc) is 3.20. The van der Waals surface area contributed by atoms with Crippen LogP contribution in [0.2, 0.25) is 0 Å². The molecule has 0 atom stereocenters. The average molecular weight is 314 g/mol. The molecular formula is C15H18N6O2. The molecule has 8 heteroatoms. The monoisotopic (exact) mass is 314 g/mol. The van der Waals surface area contributed by atoms with Gasteiger partial charge in [-0.1, -0.05) is 18.2 Å². The molecule has 0 aliphatic heterocycles. The van der Waals surface area contributed by atoms with E-state index >= 15 is 0 Å². The van der Waals surface area contributed by atoms with E-state index in [0.717, 1.165) is 22.2 Å². The first-order chi connectivity index (χ1) is 11.3. The van der Waals surface area contributed by atoms with Crippen LogP contribution in [0.5, 0.6) is 0 Å². The van der Waals surface area contributed by atoms with Crippen LogP contribution in [0.4, 0.5) is 5.69 Å². The number of anilines is 1. The fourth-order valence-electron chi connectivity index (χ4n) is 2.31. The number of aromatic amines is 1. The highest BCUT2D eigenvalue weighted by molar-refractivity contribution is 5.81. The van der Waals surface area contributed by atoms with Gasteiger partial charge >= 0.3 is 0 Å². The largest absolute Gasteiger partial charge is 0.395 e. The van der Waals surface area contributed by atoms with E-state index in [1.54, 1.807) is 23.3 Å². The number of aliphatic hydroxyl groups excluding tert-OH is 1. The van der Waals surface area contributed by atoms with Crippen molar-refractivity contribution in [1.29, 1.82) is 0 Å². The predicted molar refractivity (Wildman–Crippen MR) is 85.7 cm³/mol. The molecule has 0 saturated carbocycles. The minimum absolute atomic E-state index is 0.0726. The molecule has 0 saturated heterocycles. The Hall–Kier alpha value is -2.87. The number of carbonyl (C=O) groups is 1. The molecule has 0 radical (unpaired) electrons. The first-order valence-electron chi connectivity index (χ1n) is 7.31. The molecule has 1 amide bonds. The normalized spacial score (nSPS) is 10.8. The van der Waals surface area contributed by atoms with Crippen molar-refractivity contribution in [1.82, 2.24) is 25.3 Å². The van der Waals surface area contributed by atoms with Gasteiger partial charge in [0, 0.05) is 24.7 Å². The summed E-state index contributed by atoms with van der Waals surface area (Å²) >= 11 is 0. The summed E-state index contributed by atoms with van der Waals surface area (Å²) in [6.45, 7) is 0.927. The Morgan fingerprint density at radius 2 is 2.26 bits per heavy atom. The SMILES string of the molecule is O=C(Cn1cc(NCc2cccc3cn[nH]c23)cn1)NCCO. The van der Waals surface area contributed by atoms with Crippen LogP contribution >= 0.6 is 0 Å². The number of fused-ring (bicyclic) bond motifs is 1. The summed E-state index contributed by atoms with van der Waals surface area (Å²) in [5, 5.41) is 26.8. The number of hydrogen-bond donors (Lipinski definition) is 4. The maximum absolute atomic E-state index is 11.6. The lowest BCUT2D eigenvalue weighted by Crippen LogP contribution is -2.30. The van der Waals surface area contributed by atoms with E-state index in [2.05, 4.69) is 25.9 Å². The van der Waals surface area contributed by atoms with Crippen molar-refractivity contribution in [3.8, 4) is 0 Å². The third-order valence-corrected chi connectivity index (χ3v) is 3.42. The predicted octanol–water partition coefficient (Wildman–Crippen LogP) is 0.480. The van der Waals surface area contributed by atoms with E-state index in [9.17, 15) is 4.79 Å². The van der Waals surface area contributed by atoms with Crippen LogP contribution in [0.1, 0.15) is 5.56 Å². The maximum atomic E-state index is 11.6. The molecule has 2 heterocycles. The first-order valence-corrected chi connectivity index (χ1v) is 7.31. The fraction of sp³-hybridized carbons (Fsp3) is 0.267. The van der Waals surface area contributed by atoms with Crippen molar-refractivity contribution in [2.45, 2.75) is 13.1 Å². The van der Waals surface area contributed by atoms with Crippen molar-refractivity contribution in [2.75, 3.05) is 18.5 Å². The minimum atomic E-state index is -0.184. The van der Waals surface area contributed by atoms with E-state index in [-0.39, 0.29) is 25.6 Å². The number of benzene rings is 1.